The van der Waals surface area contributed by atoms with Crippen LogP contribution in [0, 0.1) is 17.3 Å². The second-order valence-corrected chi connectivity index (χ2v) is 7.11. The lowest BCUT2D eigenvalue weighted by Gasteiger charge is -2.40. The number of aldehydes is 1. The SMILES string of the molecule is CC1CCCC(C=O)(CN2CCCC2C(C)C)C1. The topological polar surface area (TPSA) is 20.3 Å². The molecular formula is C16H29NO. The van der Waals surface area contributed by atoms with Gasteiger partial charge in [-0.15, -0.1) is 0 Å². The molecule has 0 N–H and O–H groups in total. The van der Waals surface area contributed by atoms with E-state index in [-0.39, 0.29) is 5.41 Å². The van der Waals surface area contributed by atoms with Gasteiger partial charge in [-0.1, -0.05) is 33.6 Å². The summed E-state index contributed by atoms with van der Waals surface area (Å²) in [6.07, 6.45) is 8.69. The van der Waals surface area contributed by atoms with Crippen LogP contribution in [0.1, 0.15) is 59.3 Å². The zero-order valence-corrected chi connectivity index (χ0v) is 12.3. The molecule has 18 heavy (non-hydrogen) atoms. The summed E-state index contributed by atoms with van der Waals surface area (Å²) in [5.74, 6) is 1.45. The van der Waals surface area contributed by atoms with Crippen LogP contribution in [-0.2, 0) is 4.79 Å². The highest BCUT2D eigenvalue weighted by Gasteiger charge is 2.39. The summed E-state index contributed by atoms with van der Waals surface area (Å²) in [6.45, 7) is 9.16. The summed E-state index contributed by atoms with van der Waals surface area (Å²) < 4.78 is 0. The summed E-state index contributed by atoms with van der Waals surface area (Å²) in [4.78, 5) is 14.3. The number of rotatable bonds is 4. The maximum Gasteiger partial charge on any atom is 0.127 e. The second-order valence-electron chi connectivity index (χ2n) is 7.11. The quantitative estimate of drug-likeness (QED) is 0.713. The Balaban J connectivity index is 2.03. The zero-order valence-electron chi connectivity index (χ0n) is 12.3. The number of likely N-dealkylation sites (tertiary alicyclic amines) is 1. The fraction of sp³-hybridized carbons (Fsp3) is 0.938. The van der Waals surface area contributed by atoms with E-state index in [0.717, 1.165) is 31.2 Å². The molecular weight excluding hydrogens is 222 g/mol. The van der Waals surface area contributed by atoms with Crippen LogP contribution in [0.15, 0.2) is 0 Å². The predicted octanol–water partition coefficient (Wildman–Crippen LogP) is 3.50. The number of nitrogens with zero attached hydrogens (tertiary/aromatic N) is 1. The molecule has 0 bridgehead atoms. The first-order chi connectivity index (χ1) is 8.56. The molecule has 2 rings (SSSR count). The Bertz CT molecular complexity index is 289. The normalized spacial score (nSPS) is 38.2. The lowest BCUT2D eigenvalue weighted by atomic mass is 9.70. The summed E-state index contributed by atoms with van der Waals surface area (Å²) in [5.41, 5.74) is -0.0326. The van der Waals surface area contributed by atoms with Crippen LogP contribution < -0.4 is 0 Å². The Morgan fingerprint density at radius 1 is 1.33 bits per heavy atom. The molecule has 0 aromatic rings. The molecule has 1 aliphatic heterocycles. The van der Waals surface area contributed by atoms with Gasteiger partial charge in [0, 0.05) is 18.0 Å². The van der Waals surface area contributed by atoms with Gasteiger partial charge in [-0.2, -0.15) is 0 Å². The van der Waals surface area contributed by atoms with Gasteiger partial charge in [0.15, 0.2) is 0 Å². The minimum Gasteiger partial charge on any atom is -0.303 e. The average molecular weight is 251 g/mol. The van der Waals surface area contributed by atoms with Gasteiger partial charge in [0.1, 0.15) is 6.29 Å². The van der Waals surface area contributed by atoms with Crippen molar-refractivity contribution in [2.24, 2.45) is 17.3 Å². The smallest absolute Gasteiger partial charge is 0.127 e. The van der Waals surface area contributed by atoms with Crippen molar-refractivity contribution in [1.82, 2.24) is 4.90 Å². The summed E-state index contributed by atoms with van der Waals surface area (Å²) in [7, 11) is 0. The van der Waals surface area contributed by atoms with Crippen molar-refractivity contribution in [2.45, 2.75) is 65.3 Å². The van der Waals surface area contributed by atoms with Crippen LogP contribution >= 0.6 is 0 Å². The van der Waals surface area contributed by atoms with Crippen LogP contribution in [-0.4, -0.2) is 30.3 Å². The number of carbonyl (C=O) groups is 1. The molecule has 2 nitrogen and oxygen atoms in total. The van der Waals surface area contributed by atoms with Crippen molar-refractivity contribution < 1.29 is 4.79 Å². The zero-order chi connectivity index (χ0) is 13.2. The van der Waals surface area contributed by atoms with E-state index in [1.54, 1.807) is 0 Å². The Labute approximate surface area is 112 Å². The Morgan fingerprint density at radius 2 is 2.11 bits per heavy atom. The van der Waals surface area contributed by atoms with Gasteiger partial charge in [-0.05, 0) is 44.1 Å². The van der Waals surface area contributed by atoms with E-state index < -0.39 is 0 Å². The van der Waals surface area contributed by atoms with Crippen molar-refractivity contribution in [1.29, 1.82) is 0 Å². The van der Waals surface area contributed by atoms with Crippen molar-refractivity contribution in [3.63, 3.8) is 0 Å². The van der Waals surface area contributed by atoms with E-state index in [0.29, 0.717) is 6.04 Å². The van der Waals surface area contributed by atoms with E-state index in [1.807, 2.05) is 0 Å². The molecule has 0 spiro atoms. The largest absolute Gasteiger partial charge is 0.303 e. The lowest BCUT2D eigenvalue weighted by Crippen LogP contribution is -2.45. The van der Waals surface area contributed by atoms with E-state index in [4.69, 9.17) is 0 Å². The molecule has 0 aromatic carbocycles. The molecule has 104 valence electrons. The van der Waals surface area contributed by atoms with Crippen molar-refractivity contribution in [3.05, 3.63) is 0 Å². The summed E-state index contributed by atoms with van der Waals surface area (Å²) in [6, 6.07) is 0.707. The fourth-order valence-electron chi connectivity index (χ4n) is 4.20. The predicted molar refractivity (Wildman–Crippen MR) is 75.6 cm³/mol. The number of hydrogen-bond acceptors (Lipinski definition) is 2. The van der Waals surface area contributed by atoms with Crippen LogP contribution in [0.4, 0.5) is 0 Å². The molecule has 0 aromatic heterocycles. The van der Waals surface area contributed by atoms with Gasteiger partial charge in [0.25, 0.3) is 0 Å². The van der Waals surface area contributed by atoms with E-state index in [2.05, 4.69) is 25.7 Å². The van der Waals surface area contributed by atoms with Gasteiger partial charge in [0.2, 0.25) is 0 Å². The average Bonchev–Trinajstić information content (AvgIpc) is 2.77. The maximum atomic E-state index is 11.7. The van der Waals surface area contributed by atoms with Gasteiger partial charge in [0.05, 0.1) is 0 Å². The molecule has 0 radical (unpaired) electrons. The molecule has 2 aliphatic rings. The second kappa shape index (κ2) is 5.73. The highest BCUT2D eigenvalue weighted by molar-refractivity contribution is 5.60. The van der Waals surface area contributed by atoms with Crippen LogP contribution in [0.25, 0.3) is 0 Å². The maximum absolute atomic E-state index is 11.7. The first kappa shape index (κ1) is 14.0. The molecule has 2 heteroatoms. The van der Waals surface area contributed by atoms with Gasteiger partial charge < -0.3 is 4.79 Å². The van der Waals surface area contributed by atoms with E-state index in [1.165, 1.54) is 38.5 Å². The Hall–Kier alpha value is -0.370. The number of hydrogen-bond donors (Lipinski definition) is 0. The molecule has 3 unspecified atom stereocenters. The van der Waals surface area contributed by atoms with Crippen LogP contribution in [0.2, 0.25) is 0 Å². The standard InChI is InChI=1S/C16H29NO/c1-13(2)15-7-5-9-17(15)11-16(12-18)8-4-6-14(3)10-16/h12-15H,4-11H2,1-3H3. The minimum absolute atomic E-state index is 0.0326. The molecule has 0 amide bonds. The monoisotopic (exact) mass is 251 g/mol. The van der Waals surface area contributed by atoms with Gasteiger partial charge in [-0.3, -0.25) is 4.90 Å². The Kier molecular flexibility index (Phi) is 4.47. The van der Waals surface area contributed by atoms with Crippen LogP contribution in [0.5, 0.6) is 0 Å². The molecule has 1 aliphatic carbocycles. The summed E-state index contributed by atoms with van der Waals surface area (Å²) in [5, 5.41) is 0. The first-order valence-electron chi connectivity index (χ1n) is 7.77. The van der Waals surface area contributed by atoms with Crippen LogP contribution in [0.3, 0.4) is 0 Å². The highest BCUT2D eigenvalue weighted by atomic mass is 16.1. The highest BCUT2D eigenvalue weighted by Crippen LogP contribution is 2.40. The van der Waals surface area contributed by atoms with Crippen molar-refractivity contribution >= 4 is 6.29 Å². The third-order valence-electron chi connectivity index (χ3n) is 5.08. The fourth-order valence-corrected chi connectivity index (χ4v) is 4.20. The molecule has 3 atom stereocenters. The molecule has 2 fully saturated rings. The number of carbonyl (C=O) groups excluding carboxylic acids is 1. The molecule has 1 saturated carbocycles. The third-order valence-corrected chi connectivity index (χ3v) is 5.08. The minimum atomic E-state index is -0.0326. The Morgan fingerprint density at radius 3 is 2.72 bits per heavy atom. The van der Waals surface area contributed by atoms with E-state index in [9.17, 15) is 4.79 Å². The van der Waals surface area contributed by atoms with E-state index >= 15 is 0 Å². The third kappa shape index (κ3) is 2.96. The molecule has 1 heterocycles. The first-order valence-corrected chi connectivity index (χ1v) is 7.77. The van der Waals surface area contributed by atoms with Crippen molar-refractivity contribution in [3.8, 4) is 0 Å². The lowest BCUT2D eigenvalue weighted by molar-refractivity contribution is -0.120. The van der Waals surface area contributed by atoms with Crippen molar-refractivity contribution in [2.75, 3.05) is 13.1 Å². The van der Waals surface area contributed by atoms with Gasteiger partial charge in [-0.25, -0.2) is 0 Å². The summed E-state index contributed by atoms with van der Waals surface area (Å²) >= 11 is 0. The molecule has 1 saturated heterocycles. The van der Waals surface area contributed by atoms with Gasteiger partial charge >= 0.3 is 0 Å².